The molecule has 1 aromatic carbocycles. The summed E-state index contributed by atoms with van der Waals surface area (Å²) < 4.78 is 16.1. The van der Waals surface area contributed by atoms with Crippen LogP contribution in [0.1, 0.15) is 19.4 Å². The van der Waals surface area contributed by atoms with Crippen molar-refractivity contribution in [2.45, 2.75) is 20.4 Å². The minimum absolute atomic E-state index is 0.522. The highest BCUT2D eigenvalue weighted by atomic mass is 16.5. The molecule has 1 aromatic rings. The molecule has 0 bridgehead atoms. The highest BCUT2D eigenvalue weighted by Gasteiger charge is 2.10. The van der Waals surface area contributed by atoms with Crippen LogP contribution in [-0.4, -0.2) is 34.0 Å². The molecule has 0 aliphatic carbocycles. The first kappa shape index (κ1) is 15.8. The Labute approximate surface area is 116 Å². The van der Waals surface area contributed by atoms with Gasteiger partial charge in [0.2, 0.25) is 0 Å². The van der Waals surface area contributed by atoms with Gasteiger partial charge in [0.05, 0.1) is 13.7 Å². The normalized spacial score (nSPS) is 10.8. The Hall–Kier alpha value is -1.26. The van der Waals surface area contributed by atoms with Crippen molar-refractivity contribution in [3.63, 3.8) is 0 Å². The summed E-state index contributed by atoms with van der Waals surface area (Å²) in [5.41, 5.74) is 1.11. The summed E-state index contributed by atoms with van der Waals surface area (Å²) in [4.78, 5) is 0. The molecule has 0 spiro atoms. The fourth-order valence-corrected chi connectivity index (χ4v) is 1.75. The lowest BCUT2D eigenvalue weighted by Crippen LogP contribution is -2.19. The van der Waals surface area contributed by atoms with Gasteiger partial charge in [0, 0.05) is 19.2 Å². The fourth-order valence-electron chi connectivity index (χ4n) is 1.75. The Morgan fingerprint density at radius 3 is 2.58 bits per heavy atom. The van der Waals surface area contributed by atoms with E-state index in [-0.39, 0.29) is 0 Å². The minimum atomic E-state index is 0.522. The molecule has 0 unspecified atom stereocenters. The van der Waals surface area contributed by atoms with Gasteiger partial charge in [-0.1, -0.05) is 26.0 Å². The van der Waals surface area contributed by atoms with Gasteiger partial charge in [0.25, 0.3) is 0 Å². The van der Waals surface area contributed by atoms with Crippen LogP contribution in [0.2, 0.25) is 0 Å². The first-order valence-corrected chi connectivity index (χ1v) is 6.67. The summed E-state index contributed by atoms with van der Waals surface area (Å²) in [7, 11) is 3.32. The number of hydrogen-bond acceptors (Lipinski definition) is 4. The molecule has 0 aliphatic rings. The van der Waals surface area contributed by atoms with Gasteiger partial charge >= 0.3 is 0 Å². The van der Waals surface area contributed by atoms with Crippen molar-refractivity contribution in [3.05, 3.63) is 23.8 Å². The van der Waals surface area contributed by atoms with E-state index in [1.807, 2.05) is 12.1 Å². The topological polar surface area (TPSA) is 39.7 Å². The number of methoxy groups -OCH3 is 2. The number of rotatable bonds is 9. The van der Waals surface area contributed by atoms with Crippen LogP contribution in [0.5, 0.6) is 11.5 Å². The largest absolute Gasteiger partial charge is 0.493 e. The molecule has 0 radical (unpaired) electrons. The summed E-state index contributed by atoms with van der Waals surface area (Å²) in [5.74, 6) is 2.20. The van der Waals surface area contributed by atoms with Crippen LogP contribution in [0.3, 0.4) is 0 Å². The maximum absolute atomic E-state index is 5.77. The van der Waals surface area contributed by atoms with Gasteiger partial charge in [-0.15, -0.1) is 0 Å². The van der Waals surface area contributed by atoms with E-state index in [0.29, 0.717) is 19.1 Å². The van der Waals surface area contributed by atoms with Gasteiger partial charge in [-0.05, 0) is 18.5 Å². The van der Waals surface area contributed by atoms with Crippen LogP contribution in [0, 0.1) is 5.92 Å². The lowest BCUT2D eigenvalue weighted by atomic mass is 10.1. The molecule has 0 atom stereocenters. The Kier molecular flexibility index (Phi) is 7.30. The lowest BCUT2D eigenvalue weighted by molar-refractivity contribution is 0.143. The fraction of sp³-hybridized carbons (Fsp3) is 0.600. The van der Waals surface area contributed by atoms with Crippen molar-refractivity contribution in [2.24, 2.45) is 5.92 Å². The molecule has 0 aromatic heterocycles. The summed E-state index contributed by atoms with van der Waals surface area (Å²) in [6.07, 6.45) is 0. The van der Waals surface area contributed by atoms with Gasteiger partial charge in [-0.2, -0.15) is 0 Å². The number of benzene rings is 1. The van der Waals surface area contributed by atoms with E-state index in [2.05, 4.69) is 25.2 Å². The molecule has 1 rings (SSSR count). The van der Waals surface area contributed by atoms with E-state index in [4.69, 9.17) is 14.2 Å². The third kappa shape index (κ3) is 5.49. The zero-order valence-corrected chi connectivity index (χ0v) is 12.4. The standard InChI is InChI=1S/C15H25NO3/c1-12(2)10-16-11-13-6-5-7-14(18-4)15(13)19-9-8-17-3/h5-7,12,16H,8-11H2,1-4H3. The SMILES string of the molecule is COCCOc1c(CNCC(C)C)cccc1OC. The van der Waals surface area contributed by atoms with Crippen molar-refractivity contribution in [1.82, 2.24) is 5.32 Å². The third-order valence-corrected chi connectivity index (χ3v) is 2.68. The number of hydrogen-bond donors (Lipinski definition) is 1. The Morgan fingerprint density at radius 2 is 1.95 bits per heavy atom. The molecular formula is C15H25NO3. The van der Waals surface area contributed by atoms with E-state index >= 15 is 0 Å². The van der Waals surface area contributed by atoms with E-state index in [1.54, 1.807) is 14.2 Å². The van der Waals surface area contributed by atoms with Gasteiger partial charge < -0.3 is 19.5 Å². The second kappa shape index (κ2) is 8.77. The summed E-state index contributed by atoms with van der Waals surface area (Å²) >= 11 is 0. The molecule has 108 valence electrons. The third-order valence-electron chi connectivity index (χ3n) is 2.68. The van der Waals surface area contributed by atoms with Crippen LogP contribution >= 0.6 is 0 Å². The smallest absolute Gasteiger partial charge is 0.165 e. The monoisotopic (exact) mass is 267 g/mol. The van der Waals surface area contributed by atoms with Gasteiger partial charge in [-0.25, -0.2) is 0 Å². The molecule has 0 saturated carbocycles. The van der Waals surface area contributed by atoms with Gasteiger partial charge in [0.15, 0.2) is 11.5 Å². The van der Waals surface area contributed by atoms with Crippen LogP contribution in [0.4, 0.5) is 0 Å². The van der Waals surface area contributed by atoms with E-state index in [9.17, 15) is 0 Å². The number of ether oxygens (including phenoxy) is 3. The van der Waals surface area contributed by atoms with E-state index in [1.165, 1.54) is 0 Å². The molecule has 19 heavy (non-hydrogen) atoms. The second-order valence-corrected chi connectivity index (χ2v) is 4.81. The van der Waals surface area contributed by atoms with E-state index < -0.39 is 0 Å². The first-order chi connectivity index (χ1) is 9.19. The highest BCUT2D eigenvalue weighted by Crippen LogP contribution is 2.31. The molecule has 4 nitrogen and oxygen atoms in total. The highest BCUT2D eigenvalue weighted by molar-refractivity contribution is 5.46. The number of nitrogens with one attached hydrogen (secondary N) is 1. The molecule has 0 saturated heterocycles. The average molecular weight is 267 g/mol. The maximum Gasteiger partial charge on any atom is 0.165 e. The van der Waals surface area contributed by atoms with Crippen molar-refractivity contribution in [2.75, 3.05) is 34.0 Å². The summed E-state index contributed by atoms with van der Waals surface area (Å²) in [6.45, 7) is 7.22. The minimum Gasteiger partial charge on any atom is -0.493 e. The lowest BCUT2D eigenvalue weighted by Gasteiger charge is -2.16. The Balaban J connectivity index is 2.71. The average Bonchev–Trinajstić information content (AvgIpc) is 2.39. The van der Waals surface area contributed by atoms with Crippen LogP contribution in [0.15, 0.2) is 18.2 Å². The number of para-hydroxylation sites is 1. The second-order valence-electron chi connectivity index (χ2n) is 4.81. The zero-order chi connectivity index (χ0) is 14.1. The predicted molar refractivity (Wildman–Crippen MR) is 76.9 cm³/mol. The van der Waals surface area contributed by atoms with Crippen molar-refractivity contribution in [3.8, 4) is 11.5 Å². The molecule has 0 amide bonds. The molecule has 0 aliphatic heterocycles. The van der Waals surface area contributed by atoms with E-state index in [0.717, 1.165) is 30.2 Å². The predicted octanol–water partition coefficient (Wildman–Crippen LogP) is 2.47. The molecular weight excluding hydrogens is 242 g/mol. The zero-order valence-electron chi connectivity index (χ0n) is 12.4. The van der Waals surface area contributed by atoms with Crippen molar-refractivity contribution < 1.29 is 14.2 Å². The van der Waals surface area contributed by atoms with Crippen molar-refractivity contribution in [1.29, 1.82) is 0 Å². The molecule has 1 N–H and O–H groups in total. The van der Waals surface area contributed by atoms with Gasteiger partial charge in [0.1, 0.15) is 6.61 Å². The Bertz CT molecular complexity index is 366. The first-order valence-electron chi connectivity index (χ1n) is 6.67. The summed E-state index contributed by atoms with van der Waals surface area (Å²) in [6, 6.07) is 5.94. The Morgan fingerprint density at radius 1 is 1.16 bits per heavy atom. The van der Waals surface area contributed by atoms with Gasteiger partial charge in [-0.3, -0.25) is 0 Å². The quantitative estimate of drug-likeness (QED) is 0.698. The van der Waals surface area contributed by atoms with Crippen LogP contribution in [0.25, 0.3) is 0 Å². The molecule has 0 heterocycles. The molecule has 4 heteroatoms. The molecule has 0 fully saturated rings. The summed E-state index contributed by atoms with van der Waals surface area (Å²) in [5, 5.41) is 3.42. The maximum atomic E-state index is 5.77. The van der Waals surface area contributed by atoms with Crippen molar-refractivity contribution >= 4 is 0 Å². The van der Waals surface area contributed by atoms with Crippen LogP contribution < -0.4 is 14.8 Å². The van der Waals surface area contributed by atoms with Crippen LogP contribution in [-0.2, 0) is 11.3 Å².